The number of aliphatic carboxylic acids is 1. The molecule has 116 valence electrons. The van der Waals surface area contributed by atoms with Gasteiger partial charge >= 0.3 is 12.0 Å². The molecule has 2 amide bonds. The van der Waals surface area contributed by atoms with E-state index in [0.717, 1.165) is 27.4 Å². The molecule has 0 atom stereocenters. The molecule has 5 nitrogen and oxygen atoms in total. The molecule has 0 aliphatic carbocycles. The van der Waals surface area contributed by atoms with Gasteiger partial charge in [0.1, 0.15) is 0 Å². The van der Waals surface area contributed by atoms with Crippen LogP contribution in [0.15, 0.2) is 21.1 Å². The van der Waals surface area contributed by atoms with Gasteiger partial charge < -0.3 is 15.7 Å². The van der Waals surface area contributed by atoms with Gasteiger partial charge in [0.05, 0.1) is 5.69 Å². The van der Waals surface area contributed by atoms with Crippen LogP contribution in [0.3, 0.4) is 0 Å². The highest BCUT2D eigenvalue weighted by Gasteiger charge is 2.09. The number of hydrogen-bond donors (Lipinski definition) is 3. The van der Waals surface area contributed by atoms with Gasteiger partial charge in [-0.3, -0.25) is 4.79 Å². The summed E-state index contributed by atoms with van der Waals surface area (Å²) in [5.74, 6) is -0.783. The van der Waals surface area contributed by atoms with Crippen molar-refractivity contribution in [3.63, 3.8) is 0 Å². The van der Waals surface area contributed by atoms with Gasteiger partial charge in [0.25, 0.3) is 0 Å². The number of hydrogen-bond acceptors (Lipinski definition) is 2. The summed E-state index contributed by atoms with van der Waals surface area (Å²) in [5, 5.41) is 14.0. The monoisotopic (exact) mass is 420 g/mol. The molecule has 0 heterocycles. The first-order chi connectivity index (χ1) is 9.90. The van der Waals surface area contributed by atoms with E-state index in [1.807, 2.05) is 19.1 Å². The third-order valence-corrected chi connectivity index (χ3v) is 4.03. The third-order valence-electron chi connectivity index (χ3n) is 2.78. The van der Waals surface area contributed by atoms with E-state index in [4.69, 9.17) is 5.11 Å². The van der Waals surface area contributed by atoms with Crippen molar-refractivity contribution < 1.29 is 14.7 Å². The normalized spacial score (nSPS) is 10.2. The number of halogens is 2. The molecule has 1 aromatic carbocycles. The van der Waals surface area contributed by atoms with Crippen LogP contribution in [0, 0.1) is 6.92 Å². The smallest absolute Gasteiger partial charge is 0.319 e. The van der Waals surface area contributed by atoms with Gasteiger partial charge in [-0.1, -0.05) is 6.42 Å². The lowest BCUT2D eigenvalue weighted by molar-refractivity contribution is -0.137. The van der Waals surface area contributed by atoms with E-state index in [2.05, 4.69) is 42.5 Å². The largest absolute Gasteiger partial charge is 0.481 e. The van der Waals surface area contributed by atoms with Gasteiger partial charge in [0.15, 0.2) is 0 Å². The fourth-order valence-electron chi connectivity index (χ4n) is 1.76. The van der Waals surface area contributed by atoms with Gasteiger partial charge in [0, 0.05) is 21.9 Å². The first kappa shape index (κ1) is 18.0. The number of anilines is 1. The minimum atomic E-state index is -0.783. The maximum Gasteiger partial charge on any atom is 0.319 e. The lowest BCUT2D eigenvalue weighted by Gasteiger charge is -2.11. The average molecular weight is 422 g/mol. The molecule has 0 spiro atoms. The molecule has 1 aromatic rings. The van der Waals surface area contributed by atoms with Crippen LogP contribution >= 0.6 is 31.9 Å². The number of unbranched alkanes of at least 4 members (excludes halogenated alkanes) is 2. The Kier molecular flexibility index (Phi) is 7.74. The lowest BCUT2D eigenvalue weighted by atomic mass is 10.2. The molecule has 0 saturated carbocycles. The van der Waals surface area contributed by atoms with Crippen LogP contribution in [0.5, 0.6) is 0 Å². The van der Waals surface area contributed by atoms with Gasteiger partial charge in [-0.15, -0.1) is 0 Å². The zero-order valence-corrected chi connectivity index (χ0v) is 14.9. The summed E-state index contributed by atoms with van der Waals surface area (Å²) < 4.78 is 1.62. The number of amides is 2. The quantitative estimate of drug-likeness (QED) is 0.574. The summed E-state index contributed by atoms with van der Waals surface area (Å²) in [4.78, 5) is 22.1. The highest BCUT2D eigenvalue weighted by molar-refractivity contribution is 9.11. The van der Waals surface area contributed by atoms with E-state index in [0.29, 0.717) is 18.7 Å². The van der Waals surface area contributed by atoms with Crippen molar-refractivity contribution in [3.05, 3.63) is 26.6 Å². The van der Waals surface area contributed by atoms with E-state index in [1.165, 1.54) is 0 Å². The molecule has 3 N–H and O–H groups in total. The predicted octanol–water partition coefficient (Wildman–Crippen LogP) is 4.29. The summed E-state index contributed by atoms with van der Waals surface area (Å²) in [6.07, 6.45) is 2.35. The Labute approximate surface area is 140 Å². The molecule has 0 unspecified atom stereocenters. The third kappa shape index (κ3) is 6.95. The second-order valence-corrected chi connectivity index (χ2v) is 6.40. The Bertz CT molecular complexity index is 498. The first-order valence-corrected chi connectivity index (χ1v) is 8.21. The van der Waals surface area contributed by atoms with Crippen LogP contribution in [-0.2, 0) is 4.79 Å². The van der Waals surface area contributed by atoms with Crippen molar-refractivity contribution in [1.82, 2.24) is 5.32 Å². The molecule has 0 radical (unpaired) electrons. The van der Waals surface area contributed by atoms with Crippen LogP contribution < -0.4 is 10.6 Å². The molecule has 1 rings (SSSR count). The Morgan fingerprint density at radius 1 is 1.14 bits per heavy atom. The Balaban J connectivity index is 2.33. The van der Waals surface area contributed by atoms with Crippen LogP contribution in [0.2, 0.25) is 0 Å². The molecule has 7 heteroatoms. The molecular weight excluding hydrogens is 404 g/mol. The average Bonchev–Trinajstić information content (AvgIpc) is 2.37. The van der Waals surface area contributed by atoms with E-state index in [1.54, 1.807) is 0 Å². The molecule has 21 heavy (non-hydrogen) atoms. The van der Waals surface area contributed by atoms with E-state index < -0.39 is 5.97 Å². The fraction of sp³-hybridized carbons (Fsp3) is 0.429. The van der Waals surface area contributed by atoms with Crippen LogP contribution in [0.25, 0.3) is 0 Å². The van der Waals surface area contributed by atoms with Gasteiger partial charge in [0.2, 0.25) is 0 Å². The van der Waals surface area contributed by atoms with Crippen molar-refractivity contribution in [2.24, 2.45) is 0 Å². The van der Waals surface area contributed by atoms with Crippen molar-refractivity contribution in [1.29, 1.82) is 0 Å². The highest BCUT2D eigenvalue weighted by atomic mass is 79.9. The molecule has 0 aliphatic rings. The van der Waals surface area contributed by atoms with Crippen molar-refractivity contribution >= 4 is 49.5 Å². The Morgan fingerprint density at radius 3 is 2.33 bits per heavy atom. The maximum atomic E-state index is 11.8. The van der Waals surface area contributed by atoms with Gasteiger partial charge in [-0.25, -0.2) is 4.79 Å². The van der Waals surface area contributed by atoms with Crippen LogP contribution in [0.4, 0.5) is 10.5 Å². The van der Waals surface area contributed by atoms with Gasteiger partial charge in [-0.05, 0) is 69.3 Å². The molecular formula is C14H18Br2N2O3. The minimum absolute atomic E-state index is 0.176. The van der Waals surface area contributed by atoms with Crippen molar-refractivity contribution in [3.8, 4) is 0 Å². The van der Waals surface area contributed by atoms with Crippen LogP contribution in [0.1, 0.15) is 31.2 Å². The Hall–Kier alpha value is -1.08. The summed E-state index contributed by atoms with van der Waals surface area (Å²) in [6, 6.07) is 3.57. The van der Waals surface area contributed by atoms with Crippen LogP contribution in [-0.4, -0.2) is 23.7 Å². The minimum Gasteiger partial charge on any atom is -0.481 e. The zero-order chi connectivity index (χ0) is 15.8. The number of carbonyl (C=O) groups excluding carboxylic acids is 1. The molecule has 0 aliphatic heterocycles. The lowest BCUT2D eigenvalue weighted by Crippen LogP contribution is -2.29. The summed E-state index contributed by atoms with van der Waals surface area (Å²) in [5.41, 5.74) is 1.77. The SMILES string of the molecule is Cc1cc(Br)c(NC(=O)NCCCCCC(=O)O)c(Br)c1. The summed E-state index contributed by atoms with van der Waals surface area (Å²) >= 11 is 6.83. The first-order valence-electron chi connectivity index (χ1n) is 6.62. The number of carbonyl (C=O) groups is 2. The van der Waals surface area contributed by atoms with E-state index >= 15 is 0 Å². The second kappa shape index (κ2) is 9.04. The Morgan fingerprint density at radius 2 is 1.76 bits per heavy atom. The van der Waals surface area contributed by atoms with Crippen molar-refractivity contribution in [2.75, 3.05) is 11.9 Å². The number of urea groups is 1. The van der Waals surface area contributed by atoms with Crippen molar-refractivity contribution in [2.45, 2.75) is 32.6 Å². The number of carboxylic acid groups (broad SMARTS) is 1. The molecule has 0 fully saturated rings. The predicted molar refractivity (Wildman–Crippen MR) is 89.7 cm³/mol. The zero-order valence-electron chi connectivity index (χ0n) is 11.7. The number of benzene rings is 1. The van der Waals surface area contributed by atoms with E-state index in [9.17, 15) is 9.59 Å². The molecule has 0 aromatic heterocycles. The summed E-state index contributed by atoms with van der Waals surface area (Å²) in [7, 11) is 0. The fourth-order valence-corrected chi connectivity index (χ4v) is 3.37. The number of rotatable bonds is 7. The maximum absolute atomic E-state index is 11.8. The standard InChI is InChI=1S/C14H18Br2N2O3/c1-9-7-10(15)13(11(16)8-9)18-14(21)17-6-4-2-3-5-12(19)20/h7-8H,2-6H2,1H3,(H,19,20)(H2,17,18,21). The number of aryl methyl sites for hydroxylation is 1. The molecule has 0 bridgehead atoms. The second-order valence-electron chi connectivity index (χ2n) is 4.69. The van der Waals surface area contributed by atoms with E-state index in [-0.39, 0.29) is 12.5 Å². The highest BCUT2D eigenvalue weighted by Crippen LogP contribution is 2.32. The van der Waals surface area contributed by atoms with Gasteiger partial charge in [-0.2, -0.15) is 0 Å². The molecule has 0 saturated heterocycles. The number of nitrogens with one attached hydrogen (secondary N) is 2. The summed E-state index contributed by atoms with van der Waals surface area (Å²) in [6.45, 7) is 2.49. The topological polar surface area (TPSA) is 78.4 Å². The number of carboxylic acids is 1.